The maximum absolute atomic E-state index is 12.3. The average molecular weight is 307 g/mol. The Morgan fingerprint density at radius 2 is 1.87 bits per heavy atom. The van der Waals surface area contributed by atoms with E-state index in [9.17, 15) is 9.59 Å². The number of hydrogen-bond acceptors (Lipinski definition) is 3. The quantitative estimate of drug-likeness (QED) is 0.755. The van der Waals surface area contributed by atoms with Crippen LogP contribution in [0.2, 0.25) is 0 Å². The molecule has 1 amide bonds. The van der Waals surface area contributed by atoms with Crippen molar-refractivity contribution in [1.82, 2.24) is 5.32 Å². The van der Waals surface area contributed by atoms with Crippen molar-refractivity contribution in [1.29, 1.82) is 0 Å². The second-order valence-electron chi connectivity index (χ2n) is 5.59. The molecule has 0 saturated heterocycles. The van der Waals surface area contributed by atoms with Gasteiger partial charge in [0.2, 0.25) is 0 Å². The van der Waals surface area contributed by atoms with Crippen molar-refractivity contribution in [2.45, 2.75) is 20.4 Å². The first-order valence-electron chi connectivity index (χ1n) is 7.42. The first kappa shape index (κ1) is 15.0. The smallest absolute Gasteiger partial charge is 0.336 e. The van der Waals surface area contributed by atoms with Crippen LogP contribution in [0.5, 0.6) is 0 Å². The summed E-state index contributed by atoms with van der Waals surface area (Å²) in [4.78, 5) is 24.0. The molecule has 116 valence electrons. The Labute approximate surface area is 133 Å². The molecule has 0 fully saturated rings. The van der Waals surface area contributed by atoms with E-state index in [1.807, 2.05) is 44.2 Å². The summed E-state index contributed by atoms with van der Waals surface area (Å²) in [6.45, 7) is 4.14. The Bertz CT molecular complexity index is 941. The Kier molecular flexibility index (Phi) is 3.98. The monoisotopic (exact) mass is 307 g/mol. The number of nitrogens with one attached hydrogen (secondary N) is 1. The predicted octanol–water partition coefficient (Wildman–Crippen LogP) is 3.34. The minimum Gasteiger partial charge on any atom is -0.423 e. The molecule has 0 aliphatic heterocycles. The number of fused-ring (bicyclic) bond motifs is 1. The molecular weight excluding hydrogens is 290 g/mol. The summed E-state index contributed by atoms with van der Waals surface area (Å²) in [6.07, 6.45) is 0. The zero-order valence-corrected chi connectivity index (χ0v) is 13.1. The largest absolute Gasteiger partial charge is 0.423 e. The number of carbonyl (C=O) groups excluding carboxylic acids is 1. The Hall–Kier alpha value is -2.88. The topological polar surface area (TPSA) is 59.3 Å². The van der Waals surface area contributed by atoms with Crippen LogP contribution < -0.4 is 10.9 Å². The molecule has 1 aromatic heterocycles. The van der Waals surface area contributed by atoms with Gasteiger partial charge in [0.25, 0.3) is 5.91 Å². The van der Waals surface area contributed by atoms with Crippen LogP contribution in [0.4, 0.5) is 0 Å². The van der Waals surface area contributed by atoms with Crippen LogP contribution in [-0.4, -0.2) is 5.91 Å². The Morgan fingerprint density at radius 1 is 1.09 bits per heavy atom. The van der Waals surface area contributed by atoms with Crippen LogP contribution >= 0.6 is 0 Å². The van der Waals surface area contributed by atoms with E-state index in [-0.39, 0.29) is 12.5 Å². The fraction of sp³-hybridized carbons (Fsp3) is 0.158. The highest BCUT2D eigenvalue weighted by Crippen LogP contribution is 2.18. The first-order chi connectivity index (χ1) is 11.0. The van der Waals surface area contributed by atoms with Gasteiger partial charge in [0.1, 0.15) is 5.58 Å². The number of aryl methyl sites for hydroxylation is 2. The van der Waals surface area contributed by atoms with Crippen LogP contribution in [0, 0.1) is 13.8 Å². The molecular formula is C19H17NO3. The van der Waals surface area contributed by atoms with Gasteiger partial charge in [0.15, 0.2) is 0 Å². The third kappa shape index (κ3) is 3.16. The van der Waals surface area contributed by atoms with Gasteiger partial charge in [0, 0.05) is 23.6 Å². The van der Waals surface area contributed by atoms with Gasteiger partial charge in [-0.3, -0.25) is 4.79 Å². The molecule has 0 spiro atoms. The summed E-state index contributed by atoms with van der Waals surface area (Å²) in [5, 5.41) is 3.72. The molecule has 3 aromatic rings. The fourth-order valence-electron chi connectivity index (χ4n) is 2.59. The molecule has 0 atom stereocenters. The third-order valence-corrected chi connectivity index (χ3v) is 3.81. The molecule has 0 unspecified atom stereocenters. The lowest BCUT2D eigenvalue weighted by molar-refractivity contribution is 0.0950. The van der Waals surface area contributed by atoms with Gasteiger partial charge in [-0.05, 0) is 43.2 Å². The van der Waals surface area contributed by atoms with Gasteiger partial charge in [-0.25, -0.2) is 4.79 Å². The Morgan fingerprint density at radius 3 is 2.65 bits per heavy atom. The van der Waals surface area contributed by atoms with Crippen LogP contribution in [0.3, 0.4) is 0 Å². The number of benzene rings is 2. The number of amides is 1. The molecule has 1 N–H and O–H groups in total. The van der Waals surface area contributed by atoms with Crippen LogP contribution in [0.25, 0.3) is 11.0 Å². The van der Waals surface area contributed by atoms with E-state index in [2.05, 4.69) is 5.32 Å². The summed E-state index contributed by atoms with van der Waals surface area (Å²) >= 11 is 0. The number of rotatable bonds is 3. The summed E-state index contributed by atoms with van der Waals surface area (Å²) in [7, 11) is 0. The molecule has 3 rings (SSSR count). The van der Waals surface area contributed by atoms with E-state index >= 15 is 0 Å². The lowest BCUT2D eigenvalue weighted by atomic mass is 10.1. The van der Waals surface area contributed by atoms with E-state index in [0.29, 0.717) is 11.1 Å². The van der Waals surface area contributed by atoms with Gasteiger partial charge in [-0.15, -0.1) is 0 Å². The fourth-order valence-corrected chi connectivity index (χ4v) is 2.59. The van der Waals surface area contributed by atoms with Gasteiger partial charge in [-0.1, -0.05) is 29.8 Å². The van der Waals surface area contributed by atoms with Crippen molar-refractivity contribution in [3.05, 3.63) is 81.2 Å². The van der Waals surface area contributed by atoms with Gasteiger partial charge in [-0.2, -0.15) is 0 Å². The molecule has 4 heteroatoms. The van der Waals surface area contributed by atoms with Gasteiger partial charge < -0.3 is 9.73 Å². The van der Waals surface area contributed by atoms with Crippen molar-refractivity contribution in [2.75, 3.05) is 0 Å². The summed E-state index contributed by atoms with van der Waals surface area (Å²) in [6, 6.07) is 14.5. The average Bonchev–Trinajstić information content (AvgIpc) is 2.53. The molecule has 0 bridgehead atoms. The maximum atomic E-state index is 12.3. The highest BCUT2D eigenvalue weighted by atomic mass is 16.4. The molecule has 4 nitrogen and oxygen atoms in total. The van der Waals surface area contributed by atoms with Gasteiger partial charge >= 0.3 is 5.63 Å². The van der Waals surface area contributed by atoms with Crippen LogP contribution in [0.15, 0.2) is 57.7 Å². The first-order valence-corrected chi connectivity index (χ1v) is 7.42. The zero-order chi connectivity index (χ0) is 16.4. The van der Waals surface area contributed by atoms with Crippen molar-refractivity contribution >= 4 is 16.9 Å². The second-order valence-corrected chi connectivity index (χ2v) is 5.59. The SMILES string of the molecule is Cc1ccc2oc(=O)cc(CNC(=O)c3ccccc3C)c2c1. The molecule has 0 aliphatic rings. The predicted molar refractivity (Wildman–Crippen MR) is 89.6 cm³/mol. The normalized spacial score (nSPS) is 10.7. The molecule has 0 saturated carbocycles. The summed E-state index contributed by atoms with van der Waals surface area (Å²) in [5.41, 5.74) is 3.48. The Balaban J connectivity index is 1.90. The molecule has 2 aromatic carbocycles. The lowest BCUT2D eigenvalue weighted by Crippen LogP contribution is -2.24. The third-order valence-electron chi connectivity index (χ3n) is 3.81. The van der Waals surface area contributed by atoms with Crippen molar-refractivity contribution < 1.29 is 9.21 Å². The van der Waals surface area contributed by atoms with Crippen LogP contribution in [0.1, 0.15) is 27.0 Å². The second kappa shape index (κ2) is 6.08. The van der Waals surface area contributed by atoms with Crippen LogP contribution in [-0.2, 0) is 6.54 Å². The highest BCUT2D eigenvalue weighted by Gasteiger charge is 2.10. The highest BCUT2D eigenvalue weighted by molar-refractivity contribution is 5.95. The van der Waals surface area contributed by atoms with E-state index in [0.717, 1.165) is 22.1 Å². The molecule has 0 radical (unpaired) electrons. The van der Waals surface area contributed by atoms with Crippen molar-refractivity contribution in [3.63, 3.8) is 0 Å². The standard InChI is InChI=1S/C19H17NO3/c1-12-7-8-17-16(9-12)14(10-18(21)23-17)11-20-19(22)15-6-4-3-5-13(15)2/h3-10H,11H2,1-2H3,(H,20,22). The minimum absolute atomic E-state index is 0.155. The maximum Gasteiger partial charge on any atom is 0.336 e. The molecule has 23 heavy (non-hydrogen) atoms. The molecule has 1 heterocycles. The van der Waals surface area contributed by atoms with Crippen molar-refractivity contribution in [2.24, 2.45) is 0 Å². The van der Waals surface area contributed by atoms with Crippen molar-refractivity contribution in [3.8, 4) is 0 Å². The van der Waals surface area contributed by atoms with E-state index in [1.165, 1.54) is 6.07 Å². The van der Waals surface area contributed by atoms with Gasteiger partial charge in [0.05, 0.1) is 0 Å². The van der Waals surface area contributed by atoms with E-state index < -0.39 is 5.63 Å². The number of carbonyl (C=O) groups is 1. The minimum atomic E-state index is -0.415. The lowest BCUT2D eigenvalue weighted by Gasteiger charge is -2.09. The summed E-state index contributed by atoms with van der Waals surface area (Å²) < 4.78 is 5.20. The zero-order valence-electron chi connectivity index (χ0n) is 13.1. The summed E-state index contributed by atoms with van der Waals surface area (Å²) in [5.74, 6) is -0.155. The number of hydrogen-bond donors (Lipinski definition) is 1. The van der Waals surface area contributed by atoms with E-state index in [1.54, 1.807) is 12.1 Å². The van der Waals surface area contributed by atoms with E-state index in [4.69, 9.17) is 4.42 Å². The molecule has 0 aliphatic carbocycles.